The molecule has 0 spiro atoms. The van der Waals surface area contributed by atoms with Crippen molar-refractivity contribution in [3.63, 3.8) is 0 Å². The van der Waals surface area contributed by atoms with E-state index in [1.807, 2.05) is 24.3 Å². The highest BCUT2D eigenvalue weighted by Crippen LogP contribution is 2.14. The zero-order valence-electron chi connectivity index (χ0n) is 12.8. The highest BCUT2D eigenvalue weighted by Gasteiger charge is 2.16. The average Bonchev–Trinajstić information content (AvgIpc) is 3.10. The molecule has 0 aliphatic heterocycles. The molecular formula is C20H14N2O2. The predicted octanol–water partition coefficient (Wildman–Crippen LogP) is 3.47. The first-order chi connectivity index (χ1) is 11.7. The van der Waals surface area contributed by atoms with E-state index in [2.05, 4.69) is 0 Å². The van der Waals surface area contributed by atoms with Crippen LogP contribution >= 0.6 is 0 Å². The van der Waals surface area contributed by atoms with E-state index < -0.39 is 0 Å². The van der Waals surface area contributed by atoms with Crippen LogP contribution in [0, 0.1) is 11.3 Å². The maximum Gasteiger partial charge on any atom is 0.209 e. The first-order valence-electron chi connectivity index (χ1n) is 7.47. The summed E-state index contributed by atoms with van der Waals surface area (Å²) >= 11 is 0. The van der Waals surface area contributed by atoms with Gasteiger partial charge in [0.05, 0.1) is 23.9 Å². The van der Waals surface area contributed by atoms with E-state index in [1.165, 1.54) is 0 Å². The van der Waals surface area contributed by atoms with Gasteiger partial charge in [-0.05, 0) is 24.3 Å². The van der Waals surface area contributed by atoms with E-state index in [1.54, 1.807) is 59.3 Å². The molecule has 1 heterocycles. The number of hydrogen-bond donors (Lipinski definition) is 0. The second kappa shape index (κ2) is 6.76. The Bertz CT molecular complexity index is 934. The van der Waals surface area contributed by atoms with Gasteiger partial charge >= 0.3 is 0 Å². The van der Waals surface area contributed by atoms with Crippen molar-refractivity contribution in [3.8, 4) is 6.07 Å². The molecule has 0 amide bonds. The smallest absolute Gasteiger partial charge is 0.209 e. The second-order valence-electron chi connectivity index (χ2n) is 5.33. The van der Waals surface area contributed by atoms with Gasteiger partial charge in [-0.15, -0.1) is 0 Å². The lowest BCUT2D eigenvalue weighted by Crippen LogP contribution is -2.15. The Morgan fingerprint density at radius 2 is 1.67 bits per heavy atom. The largest absolute Gasteiger partial charge is 0.337 e. The topological polar surface area (TPSA) is 62.9 Å². The SMILES string of the molecule is N#Cc1cccc(C(=O)c2cccn2CC(=O)c2ccccc2)c1. The van der Waals surface area contributed by atoms with Crippen LogP contribution in [0.15, 0.2) is 72.9 Å². The molecule has 3 aromatic rings. The molecule has 24 heavy (non-hydrogen) atoms. The summed E-state index contributed by atoms with van der Waals surface area (Å²) in [5.74, 6) is -0.274. The summed E-state index contributed by atoms with van der Waals surface area (Å²) in [5, 5.41) is 8.96. The maximum atomic E-state index is 12.7. The number of aromatic nitrogens is 1. The van der Waals surface area contributed by atoms with E-state index in [4.69, 9.17) is 5.26 Å². The van der Waals surface area contributed by atoms with Crippen LogP contribution in [0.3, 0.4) is 0 Å². The van der Waals surface area contributed by atoms with Crippen LogP contribution in [-0.4, -0.2) is 16.1 Å². The monoisotopic (exact) mass is 314 g/mol. The van der Waals surface area contributed by atoms with Gasteiger partial charge in [0, 0.05) is 17.3 Å². The Kier molecular flexibility index (Phi) is 4.35. The summed E-state index contributed by atoms with van der Waals surface area (Å²) in [6, 6.07) is 21.0. The van der Waals surface area contributed by atoms with Gasteiger partial charge in [-0.25, -0.2) is 0 Å². The van der Waals surface area contributed by atoms with Gasteiger partial charge in [0.25, 0.3) is 0 Å². The number of nitrogens with zero attached hydrogens (tertiary/aromatic N) is 2. The molecule has 0 unspecified atom stereocenters. The highest BCUT2D eigenvalue weighted by molar-refractivity contribution is 6.08. The van der Waals surface area contributed by atoms with Gasteiger partial charge in [0.1, 0.15) is 0 Å². The number of carbonyl (C=O) groups is 2. The molecule has 0 fully saturated rings. The summed E-state index contributed by atoms with van der Waals surface area (Å²) in [7, 11) is 0. The Hall–Kier alpha value is -3.45. The summed E-state index contributed by atoms with van der Waals surface area (Å²) in [6.07, 6.45) is 1.71. The number of nitriles is 1. The van der Waals surface area contributed by atoms with Gasteiger partial charge in [0.2, 0.25) is 5.78 Å². The number of Topliss-reactive ketones (excluding diaryl/α,β-unsaturated/α-hetero) is 1. The molecule has 4 nitrogen and oxygen atoms in total. The summed E-state index contributed by atoms with van der Waals surface area (Å²) in [5.41, 5.74) is 1.89. The third-order valence-corrected chi connectivity index (χ3v) is 3.73. The zero-order chi connectivity index (χ0) is 16.9. The Labute approximate surface area is 139 Å². The van der Waals surface area contributed by atoms with Crippen molar-refractivity contribution in [2.75, 3.05) is 0 Å². The molecule has 116 valence electrons. The molecule has 0 aliphatic carbocycles. The minimum Gasteiger partial charge on any atom is -0.337 e. The summed E-state index contributed by atoms with van der Waals surface area (Å²) in [6.45, 7) is 0.0933. The van der Waals surface area contributed by atoms with Crippen molar-refractivity contribution in [3.05, 3.63) is 95.3 Å². The molecule has 3 rings (SSSR count). The van der Waals surface area contributed by atoms with Crippen molar-refractivity contribution in [2.45, 2.75) is 6.54 Å². The molecule has 0 saturated carbocycles. The maximum absolute atomic E-state index is 12.7. The summed E-state index contributed by atoms with van der Waals surface area (Å²) < 4.78 is 1.64. The number of carbonyl (C=O) groups excluding carboxylic acids is 2. The Morgan fingerprint density at radius 3 is 2.42 bits per heavy atom. The van der Waals surface area contributed by atoms with Crippen LogP contribution in [0.5, 0.6) is 0 Å². The normalized spacial score (nSPS) is 10.1. The van der Waals surface area contributed by atoms with Crippen LogP contribution in [0.25, 0.3) is 0 Å². The first-order valence-corrected chi connectivity index (χ1v) is 7.47. The highest BCUT2D eigenvalue weighted by atomic mass is 16.1. The minimum absolute atomic E-state index is 0.0633. The lowest BCUT2D eigenvalue weighted by atomic mass is 10.1. The van der Waals surface area contributed by atoms with Gasteiger partial charge in [-0.3, -0.25) is 9.59 Å². The van der Waals surface area contributed by atoms with E-state index in [0.717, 1.165) is 0 Å². The molecule has 0 radical (unpaired) electrons. The van der Waals surface area contributed by atoms with Crippen molar-refractivity contribution in [1.82, 2.24) is 4.57 Å². The fourth-order valence-electron chi connectivity index (χ4n) is 2.51. The van der Waals surface area contributed by atoms with Crippen molar-refractivity contribution >= 4 is 11.6 Å². The number of benzene rings is 2. The Balaban J connectivity index is 1.86. The minimum atomic E-state index is -0.210. The predicted molar refractivity (Wildman–Crippen MR) is 89.8 cm³/mol. The molecule has 0 aliphatic rings. The number of hydrogen-bond acceptors (Lipinski definition) is 3. The van der Waals surface area contributed by atoms with Crippen molar-refractivity contribution < 1.29 is 9.59 Å². The second-order valence-corrected chi connectivity index (χ2v) is 5.33. The standard InChI is InChI=1S/C20H14N2O2/c21-13-15-6-4-9-17(12-15)20(24)18-10-5-11-22(18)14-19(23)16-7-2-1-3-8-16/h1-12H,14H2. The van der Waals surface area contributed by atoms with Gasteiger partial charge in [0.15, 0.2) is 5.78 Å². The van der Waals surface area contributed by atoms with E-state index in [0.29, 0.717) is 22.4 Å². The van der Waals surface area contributed by atoms with Crippen LogP contribution in [0.2, 0.25) is 0 Å². The third kappa shape index (κ3) is 3.16. The van der Waals surface area contributed by atoms with Gasteiger partial charge < -0.3 is 4.57 Å². The molecule has 0 atom stereocenters. The average molecular weight is 314 g/mol. The lowest BCUT2D eigenvalue weighted by Gasteiger charge is -2.08. The number of rotatable bonds is 5. The molecule has 1 aromatic heterocycles. The molecule has 0 saturated heterocycles. The van der Waals surface area contributed by atoms with Crippen molar-refractivity contribution in [2.24, 2.45) is 0 Å². The lowest BCUT2D eigenvalue weighted by molar-refractivity contribution is 0.0968. The fraction of sp³-hybridized carbons (Fsp3) is 0.0500. The first kappa shape index (κ1) is 15.4. The van der Waals surface area contributed by atoms with E-state index in [9.17, 15) is 9.59 Å². The molecular weight excluding hydrogens is 300 g/mol. The van der Waals surface area contributed by atoms with Crippen LogP contribution in [-0.2, 0) is 6.54 Å². The Morgan fingerprint density at radius 1 is 0.917 bits per heavy atom. The molecule has 2 aromatic carbocycles. The fourth-order valence-corrected chi connectivity index (χ4v) is 2.51. The van der Waals surface area contributed by atoms with Crippen molar-refractivity contribution in [1.29, 1.82) is 5.26 Å². The number of ketones is 2. The van der Waals surface area contributed by atoms with Gasteiger partial charge in [-0.2, -0.15) is 5.26 Å². The quantitative estimate of drug-likeness (QED) is 0.677. The molecule has 0 N–H and O–H groups in total. The third-order valence-electron chi connectivity index (χ3n) is 3.73. The molecule has 0 bridgehead atoms. The van der Waals surface area contributed by atoms with Crippen LogP contribution in [0.1, 0.15) is 32.0 Å². The van der Waals surface area contributed by atoms with Gasteiger partial charge in [-0.1, -0.05) is 42.5 Å². The molecule has 4 heteroatoms. The summed E-state index contributed by atoms with van der Waals surface area (Å²) in [4.78, 5) is 25.0. The zero-order valence-corrected chi connectivity index (χ0v) is 12.8. The van der Waals surface area contributed by atoms with E-state index in [-0.39, 0.29) is 18.1 Å². The van der Waals surface area contributed by atoms with Crippen LogP contribution < -0.4 is 0 Å². The van der Waals surface area contributed by atoms with E-state index >= 15 is 0 Å². The van der Waals surface area contributed by atoms with Crippen LogP contribution in [0.4, 0.5) is 0 Å².